The van der Waals surface area contributed by atoms with E-state index in [2.05, 4.69) is 46.1 Å². The van der Waals surface area contributed by atoms with Gasteiger partial charge in [-0.05, 0) is 13.3 Å². The van der Waals surface area contributed by atoms with Crippen molar-refractivity contribution in [2.75, 3.05) is 27.2 Å². The minimum Gasteiger partial charge on any atom is -0.353 e. The molecule has 8 nitrogen and oxygen atoms in total. The van der Waals surface area contributed by atoms with E-state index in [-0.39, 0.29) is 42.5 Å². The van der Waals surface area contributed by atoms with Gasteiger partial charge in [0, 0.05) is 39.0 Å². The van der Waals surface area contributed by atoms with Crippen molar-refractivity contribution in [2.45, 2.75) is 52.1 Å². The van der Waals surface area contributed by atoms with Crippen LogP contribution in [0.5, 0.6) is 0 Å². The standard InChI is InChI=1S/C18H31N7O.HI/c1-12(2)9-19-18(20-10-16(26)24(5)6)21-14-7-8-15-22-17(13(3)4)23-25(15)11-14;/h13-14H,1,7-11H2,2-6H3,(H2,19,20,21);1H. The summed E-state index contributed by atoms with van der Waals surface area (Å²) in [6.45, 7) is 11.5. The largest absolute Gasteiger partial charge is 0.353 e. The van der Waals surface area contributed by atoms with Gasteiger partial charge in [-0.2, -0.15) is 5.10 Å². The minimum atomic E-state index is -0.0368. The summed E-state index contributed by atoms with van der Waals surface area (Å²) >= 11 is 0. The number of likely N-dealkylation sites (N-methyl/N-ethyl adjacent to an activating group) is 1. The van der Waals surface area contributed by atoms with Crippen LogP contribution in [-0.2, 0) is 17.8 Å². The highest BCUT2D eigenvalue weighted by Gasteiger charge is 2.23. The first-order valence-electron chi connectivity index (χ1n) is 9.09. The number of nitrogens with one attached hydrogen (secondary N) is 2. The van der Waals surface area contributed by atoms with Crippen LogP contribution in [0.2, 0.25) is 0 Å². The molecular weight excluding hydrogens is 457 g/mol. The van der Waals surface area contributed by atoms with E-state index in [1.165, 1.54) is 4.90 Å². The molecule has 1 aromatic rings. The fourth-order valence-electron chi connectivity index (χ4n) is 2.56. The number of aromatic nitrogens is 3. The summed E-state index contributed by atoms with van der Waals surface area (Å²) in [5.74, 6) is 2.85. The number of halogens is 1. The lowest BCUT2D eigenvalue weighted by atomic mass is 10.1. The normalized spacial score (nSPS) is 16.4. The molecule has 0 bridgehead atoms. The van der Waals surface area contributed by atoms with Gasteiger partial charge in [0.1, 0.15) is 12.4 Å². The topological polar surface area (TPSA) is 87.4 Å². The van der Waals surface area contributed by atoms with E-state index in [4.69, 9.17) is 0 Å². The van der Waals surface area contributed by atoms with Gasteiger partial charge in [0.15, 0.2) is 11.8 Å². The molecule has 1 aliphatic rings. The highest BCUT2D eigenvalue weighted by Crippen LogP contribution is 2.16. The highest BCUT2D eigenvalue weighted by atomic mass is 127. The van der Waals surface area contributed by atoms with Crippen LogP contribution < -0.4 is 10.6 Å². The van der Waals surface area contributed by atoms with Gasteiger partial charge in [0.25, 0.3) is 0 Å². The number of carbonyl (C=O) groups excluding carboxylic acids is 1. The summed E-state index contributed by atoms with van der Waals surface area (Å²) in [5.41, 5.74) is 1.00. The molecule has 152 valence electrons. The van der Waals surface area contributed by atoms with E-state index in [0.29, 0.717) is 18.4 Å². The van der Waals surface area contributed by atoms with Gasteiger partial charge >= 0.3 is 0 Å². The number of nitrogens with zero attached hydrogens (tertiary/aromatic N) is 5. The lowest BCUT2D eigenvalue weighted by Gasteiger charge is -2.25. The number of amides is 1. The lowest BCUT2D eigenvalue weighted by Crippen LogP contribution is -2.47. The molecule has 0 spiro atoms. The Morgan fingerprint density at radius 1 is 1.44 bits per heavy atom. The predicted molar refractivity (Wildman–Crippen MR) is 119 cm³/mol. The van der Waals surface area contributed by atoms with Crippen LogP contribution in [0.4, 0.5) is 0 Å². The summed E-state index contributed by atoms with van der Waals surface area (Å²) in [6, 6.07) is 0.190. The van der Waals surface area contributed by atoms with Crippen LogP contribution in [0.3, 0.4) is 0 Å². The molecule has 0 saturated carbocycles. The third-order valence-corrected chi connectivity index (χ3v) is 4.16. The molecule has 0 aliphatic carbocycles. The Morgan fingerprint density at radius 3 is 2.74 bits per heavy atom. The molecule has 1 aliphatic heterocycles. The predicted octanol–water partition coefficient (Wildman–Crippen LogP) is 1.53. The second-order valence-electron chi connectivity index (χ2n) is 7.37. The minimum absolute atomic E-state index is 0. The Hall–Kier alpha value is -1.65. The van der Waals surface area contributed by atoms with Gasteiger partial charge in [0.2, 0.25) is 5.91 Å². The zero-order valence-corrected chi connectivity index (χ0v) is 19.3. The monoisotopic (exact) mass is 489 g/mol. The number of hydrogen-bond donors (Lipinski definition) is 2. The van der Waals surface area contributed by atoms with Gasteiger partial charge in [0.05, 0.1) is 6.54 Å². The van der Waals surface area contributed by atoms with Crippen LogP contribution >= 0.6 is 24.0 Å². The Morgan fingerprint density at radius 2 is 2.15 bits per heavy atom. The van der Waals surface area contributed by atoms with Crippen LogP contribution in [0.25, 0.3) is 0 Å². The fourth-order valence-corrected chi connectivity index (χ4v) is 2.56. The summed E-state index contributed by atoms with van der Waals surface area (Å²) in [6.07, 6.45) is 1.83. The Balaban J connectivity index is 0.00000364. The highest BCUT2D eigenvalue weighted by molar-refractivity contribution is 14.0. The van der Waals surface area contributed by atoms with Crippen molar-refractivity contribution in [2.24, 2.45) is 4.99 Å². The van der Waals surface area contributed by atoms with E-state index in [9.17, 15) is 4.79 Å². The zero-order chi connectivity index (χ0) is 19.3. The third-order valence-electron chi connectivity index (χ3n) is 4.16. The van der Waals surface area contributed by atoms with Crippen molar-refractivity contribution >= 4 is 35.8 Å². The number of carbonyl (C=O) groups is 1. The van der Waals surface area contributed by atoms with Gasteiger partial charge in [-0.25, -0.2) is 14.7 Å². The van der Waals surface area contributed by atoms with E-state index < -0.39 is 0 Å². The van der Waals surface area contributed by atoms with Gasteiger partial charge in [-0.3, -0.25) is 4.79 Å². The molecule has 2 rings (SSSR count). The lowest BCUT2D eigenvalue weighted by molar-refractivity contribution is -0.127. The number of aliphatic imine (C=N–C) groups is 1. The second kappa shape index (κ2) is 10.6. The summed E-state index contributed by atoms with van der Waals surface area (Å²) in [4.78, 5) is 22.4. The molecule has 1 atom stereocenters. The molecule has 0 aromatic carbocycles. The molecular formula is C18H32IN7O. The number of rotatable bonds is 6. The average molecular weight is 489 g/mol. The van der Waals surface area contributed by atoms with Crippen molar-refractivity contribution in [1.82, 2.24) is 30.3 Å². The van der Waals surface area contributed by atoms with E-state index >= 15 is 0 Å². The maximum absolute atomic E-state index is 11.8. The second-order valence-corrected chi connectivity index (χ2v) is 7.37. The van der Waals surface area contributed by atoms with Gasteiger partial charge in [-0.1, -0.05) is 26.0 Å². The molecule has 27 heavy (non-hydrogen) atoms. The summed E-state index contributed by atoms with van der Waals surface area (Å²) in [5, 5.41) is 11.3. The number of guanidine groups is 1. The fraction of sp³-hybridized carbons (Fsp3) is 0.667. The van der Waals surface area contributed by atoms with Crippen molar-refractivity contribution in [1.29, 1.82) is 0 Å². The summed E-state index contributed by atoms with van der Waals surface area (Å²) in [7, 11) is 3.46. The summed E-state index contributed by atoms with van der Waals surface area (Å²) < 4.78 is 1.98. The van der Waals surface area contributed by atoms with E-state index in [0.717, 1.165) is 36.6 Å². The van der Waals surface area contributed by atoms with Gasteiger partial charge < -0.3 is 15.5 Å². The molecule has 1 unspecified atom stereocenters. The molecule has 1 amide bonds. The molecule has 2 N–H and O–H groups in total. The van der Waals surface area contributed by atoms with Crippen LogP contribution in [0.15, 0.2) is 17.1 Å². The van der Waals surface area contributed by atoms with Crippen LogP contribution in [0, 0.1) is 0 Å². The van der Waals surface area contributed by atoms with Crippen LogP contribution in [-0.4, -0.2) is 64.8 Å². The first kappa shape index (κ1) is 23.4. The van der Waals surface area contributed by atoms with E-state index in [1.807, 2.05) is 11.6 Å². The molecule has 0 fully saturated rings. The van der Waals surface area contributed by atoms with Crippen molar-refractivity contribution < 1.29 is 4.79 Å². The van der Waals surface area contributed by atoms with E-state index in [1.54, 1.807) is 14.1 Å². The van der Waals surface area contributed by atoms with Crippen molar-refractivity contribution in [3.05, 3.63) is 23.8 Å². The SMILES string of the molecule is C=C(C)CNC(=NCC(=O)N(C)C)NC1CCc2nc(C(C)C)nn2C1.I. The molecule has 0 radical (unpaired) electrons. The molecule has 0 saturated heterocycles. The van der Waals surface area contributed by atoms with Crippen LogP contribution in [0.1, 0.15) is 44.8 Å². The Bertz CT molecular complexity index is 681. The Labute approximate surface area is 178 Å². The van der Waals surface area contributed by atoms with Crippen molar-refractivity contribution in [3.63, 3.8) is 0 Å². The third kappa shape index (κ3) is 7.11. The maximum atomic E-state index is 11.8. The van der Waals surface area contributed by atoms with Crippen molar-refractivity contribution in [3.8, 4) is 0 Å². The smallest absolute Gasteiger partial charge is 0.243 e. The average Bonchev–Trinajstić information content (AvgIpc) is 3.00. The molecule has 2 heterocycles. The number of aryl methyl sites for hydroxylation is 1. The number of fused-ring (bicyclic) bond motifs is 1. The quantitative estimate of drug-likeness (QED) is 0.274. The number of hydrogen-bond acceptors (Lipinski definition) is 4. The maximum Gasteiger partial charge on any atom is 0.243 e. The molecule has 1 aromatic heterocycles. The zero-order valence-electron chi connectivity index (χ0n) is 16.9. The first-order valence-corrected chi connectivity index (χ1v) is 9.09. The molecule has 9 heteroatoms. The Kier molecular flexibility index (Phi) is 9.20. The first-order chi connectivity index (χ1) is 12.3. The van der Waals surface area contributed by atoms with Gasteiger partial charge in [-0.15, -0.1) is 24.0 Å².